The molecule has 1 aliphatic rings. The van der Waals surface area contributed by atoms with Crippen molar-refractivity contribution >= 4 is 17.3 Å². The monoisotopic (exact) mass is 416 g/mol. The Morgan fingerprint density at radius 1 is 1.24 bits per heavy atom. The molecule has 0 atom stereocenters. The summed E-state index contributed by atoms with van der Waals surface area (Å²) in [4.78, 5) is 12.8. The first kappa shape index (κ1) is 21.7. The lowest BCUT2D eigenvalue weighted by Crippen LogP contribution is -2.46. The molecule has 0 aliphatic carbocycles. The van der Waals surface area contributed by atoms with Crippen LogP contribution in [0.15, 0.2) is 35.3 Å². The second kappa shape index (κ2) is 11.3. The predicted molar refractivity (Wildman–Crippen MR) is 120 cm³/mol. The maximum absolute atomic E-state index is 5.96. The van der Waals surface area contributed by atoms with Crippen LogP contribution in [0.1, 0.15) is 29.8 Å². The third kappa shape index (κ3) is 6.26. The molecule has 6 nitrogen and oxygen atoms in total. The number of piperidine rings is 1. The van der Waals surface area contributed by atoms with Crippen LogP contribution in [0.3, 0.4) is 0 Å². The van der Waals surface area contributed by atoms with Crippen LogP contribution in [0.5, 0.6) is 0 Å². The van der Waals surface area contributed by atoms with E-state index >= 15 is 0 Å². The molecule has 7 heteroatoms. The Morgan fingerprint density at radius 2 is 2.00 bits per heavy atom. The van der Waals surface area contributed by atoms with Crippen molar-refractivity contribution in [2.75, 3.05) is 40.5 Å². The van der Waals surface area contributed by atoms with Gasteiger partial charge in [0.25, 0.3) is 0 Å². The van der Waals surface area contributed by atoms with Crippen molar-refractivity contribution in [3.05, 3.63) is 40.9 Å². The minimum atomic E-state index is 0.346. The summed E-state index contributed by atoms with van der Waals surface area (Å²) in [5, 5.41) is 4.60. The Balaban J connectivity index is 1.48. The summed E-state index contributed by atoms with van der Waals surface area (Å²) in [6.07, 6.45) is 3.37. The maximum atomic E-state index is 5.96. The smallest absolute Gasteiger partial charge is 0.193 e. The number of methoxy groups -OCH3 is 1. The fourth-order valence-electron chi connectivity index (χ4n) is 3.48. The molecule has 1 N–H and O–H groups in total. The number of thiazole rings is 1. The van der Waals surface area contributed by atoms with E-state index in [1.165, 1.54) is 10.4 Å². The van der Waals surface area contributed by atoms with Gasteiger partial charge in [-0.1, -0.05) is 30.3 Å². The number of aryl methyl sites for hydroxylation is 1. The van der Waals surface area contributed by atoms with Crippen LogP contribution in [-0.2, 0) is 16.0 Å². The van der Waals surface area contributed by atoms with Gasteiger partial charge >= 0.3 is 0 Å². The van der Waals surface area contributed by atoms with Crippen molar-refractivity contribution in [1.82, 2.24) is 15.2 Å². The van der Waals surface area contributed by atoms with E-state index in [4.69, 9.17) is 14.5 Å². The van der Waals surface area contributed by atoms with E-state index in [0.29, 0.717) is 6.10 Å². The first-order valence-corrected chi connectivity index (χ1v) is 11.1. The second-order valence-electron chi connectivity index (χ2n) is 7.20. The standard InChI is InChI=1S/C22H32N4O2S/c1-17-20(29-21(25-17)18-8-5-4-6-9-18)16-24-22(23-2)26-12-10-19(11-13-26)28-15-7-14-27-3/h4-6,8-9,19H,7,10-16H2,1-3H3,(H,23,24). The normalized spacial score (nSPS) is 15.7. The molecule has 0 amide bonds. The number of aromatic nitrogens is 1. The Labute approximate surface area is 178 Å². The molecule has 1 aromatic heterocycles. The molecule has 0 saturated carbocycles. The molecule has 0 bridgehead atoms. The molecule has 1 saturated heterocycles. The van der Waals surface area contributed by atoms with Crippen molar-refractivity contribution < 1.29 is 9.47 Å². The van der Waals surface area contributed by atoms with Gasteiger partial charge in [0.15, 0.2) is 5.96 Å². The number of hydrogen-bond donors (Lipinski definition) is 1. The van der Waals surface area contributed by atoms with Crippen molar-refractivity contribution in [2.24, 2.45) is 4.99 Å². The Hall–Kier alpha value is -1.96. The molecule has 1 aliphatic heterocycles. The number of aliphatic imine (C=N–C) groups is 1. The highest BCUT2D eigenvalue weighted by Gasteiger charge is 2.22. The lowest BCUT2D eigenvalue weighted by atomic mass is 10.1. The van der Waals surface area contributed by atoms with Crippen molar-refractivity contribution in [1.29, 1.82) is 0 Å². The number of guanidine groups is 1. The Bertz CT molecular complexity index is 770. The first-order valence-electron chi connectivity index (χ1n) is 10.3. The fourth-order valence-corrected chi connectivity index (χ4v) is 4.48. The molecule has 2 heterocycles. The zero-order valence-corrected chi connectivity index (χ0v) is 18.5. The summed E-state index contributed by atoms with van der Waals surface area (Å²) in [5.41, 5.74) is 2.25. The highest BCUT2D eigenvalue weighted by Crippen LogP contribution is 2.27. The number of nitrogens with one attached hydrogen (secondary N) is 1. The topological polar surface area (TPSA) is 59.0 Å². The quantitative estimate of drug-likeness (QED) is 0.404. The van der Waals surface area contributed by atoms with Crippen molar-refractivity contribution in [2.45, 2.75) is 38.8 Å². The molecule has 0 radical (unpaired) electrons. The zero-order valence-electron chi connectivity index (χ0n) is 17.7. The van der Waals surface area contributed by atoms with Crippen LogP contribution in [-0.4, -0.2) is 62.4 Å². The molecule has 0 unspecified atom stereocenters. The Kier molecular flexibility index (Phi) is 8.46. The van der Waals surface area contributed by atoms with Gasteiger partial charge in [-0.2, -0.15) is 0 Å². The lowest BCUT2D eigenvalue weighted by Gasteiger charge is -2.34. The van der Waals surface area contributed by atoms with Crippen LogP contribution in [0.25, 0.3) is 10.6 Å². The minimum Gasteiger partial charge on any atom is -0.385 e. The second-order valence-corrected chi connectivity index (χ2v) is 8.28. The molecule has 29 heavy (non-hydrogen) atoms. The van der Waals surface area contributed by atoms with Gasteiger partial charge in [0.05, 0.1) is 18.3 Å². The van der Waals surface area contributed by atoms with Crippen molar-refractivity contribution in [3.8, 4) is 10.6 Å². The first-order chi connectivity index (χ1) is 14.2. The summed E-state index contributed by atoms with van der Waals surface area (Å²) < 4.78 is 11.0. The van der Waals surface area contributed by atoms with E-state index < -0.39 is 0 Å². The predicted octanol–water partition coefficient (Wildman–Crippen LogP) is 3.71. The molecule has 2 aromatic rings. The highest BCUT2D eigenvalue weighted by molar-refractivity contribution is 7.15. The molecule has 158 valence electrons. The summed E-state index contributed by atoms with van der Waals surface area (Å²) >= 11 is 1.75. The van der Waals surface area contributed by atoms with E-state index in [1.807, 2.05) is 13.1 Å². The molecular weight excluding hydrogens is 384 g/mol. The largest absolute Gasteiger partial charge is 0.385 e. The van der Waals surface area contributed by atoms with Crippen LogP contribution in [0.2, 0.25) is 0 Å². The third-order valence-corrected chi connectivity index (χ3v) is 6.33. The summed E-state index contributed by atoms with van der Waals surface area (Å²) in [6.45, 7) is 6.29. The third-order valence-electron chi connectivity index (χ3n) is 5.12. The van der Waals surface area contributed by atoms with Gasteiger partial charge in [-0.05, 0) is 26.2 Å². The van der Waals surface area contributed by atoms with Gasteiger partial charge in [0.1, 0.15) is 5.01 Å². The van der Waals surface area contributed by atoms with Gasteiger partial charge in [0.2, 0.25) is 0 Å². The number of rotatable bonds is 8. The summed E-state index contributed by atoms with van der Waals surface area (Å²) in [6, 6.07) is 10.4. The SMILES string of the molecule is CN=C(NCc1sc(-c2ccccc2)nc1C)N1CCC(OCCCOC)CC1. The summed E-state index contributed by atoms with van der Waals surface area (Å²) in [5.74, 6) is 0.955. The zero-order chi connectivity index (χ0) is 20.5. The lowest BCUT2D eigenvalue weighted by molar-refractivity contribution is 0.00990. The van der Waals surface area contributed by atoms with E-state index in [0.717, 1.165) is 68.8 Å². The molecular formula is C22H32N4O2S. The minimum absolute atomic E-state index is 0.346. The van der Waals surface area contributed by atoms with E-state index in [-0.39, 0.29) is 0 Å². The molecule has 0 spiro atoms. The van der Waals surface area contributed by atoms with E-state index in [2.05, 4.69) is 46.4 Å². The van der Waals surface area contributed by atoms with Gasteiger partial charge in [-0.25, -0.2) is 4.98 Å². The van der Waals surface area contributed by atoms with Gasteiger partial charge < -0.3 is 19.7 Å². The van der Waals surface area contributed by atoms with Gasteiger partial charge in [-0.3, -0.25) is 4.99 Å². The Morgan fingerprint density at radius 3 is 2.69 bits per heavy atom. The van der Waals surface area contributed by atoms with E-state index in [9.17, 15) is 0 Å². The van der Waals surface area contributed by atoms with Crippen LogP contribution in [0.4, 0.5) is 0 Å². The maximum Gasteiger partial charge on any atom is 0.193 e. The number of nitrogens with zero attached hydrogens (tertiary/aromatic N) is 3. The van der Waals surface area contributed by atoms with Crippen LogP contribution < -0.4 is 5.32 Å². The van der Waals surface area contributed by atoms with E-state index in [1.54, 1.807) is 18.4 Å². The van der Waals surface area contributed by atoms with Crippen LogP contribution in [0, 0.1) is 6.92 Å². The average Bonchev–Trinajstić information content (AvgIpc) is 3.14. The number of hydrogen-bond acceptors (Lipinski definition) is 5. The number of ether oxygens (including phenoxy) is 2. The fraction of sp³-hybridized carbons (Fsp3) is 0.545. The average molecular weight is 417 g/mol. The van der Waals surface area contributed by atoms with Crippen molar-refractivity contribution in [3.63, 3.8) is 0 Å². The molecule has 1 fully saturated rings. The number of likely N-dealkylation sites (tertiary alicyclic amines) is 1. The summed E-state index contributed by atoms with van der Waals surface area (Å²) in [7, 11) is 3.58. The van der Waals surface area contributed by atoms with Crippen LogP contribution >= 0.6 is 11.3 Å². The highest BCUT2D eigenvalue weighted by atomic mass is 32.1. The van der Waals surface area contributed by atoms with Gasteiger partial charge in [-0.15, -0.1) is 11.3 Å². The van der Waals surface area contributed by atoms with Gasteiger partial charge in [0, 0.05) is 50.9 Å². The molecule has 3 rings (SSSR count). The number of benzene rings is 1. The molecule has 1 aromatic carbocycles.